The molecular weight excluding hydrogens is 412 g/mol. The molecule has 0 unspecified atom stereocenters. The zero-order valence-electron chi connectivity index (χ0n) is 17.0. The molecule has 3 aromatic rings. The van der Waals surface area contributed by atoms with Crippen molar-refractivity contribution in [1.82, 2.24) is 0 Å². The van der Waals surface area contributed by atoms with E-state index in [1.54, 1.807) is 72.5 Å². The van der Waals surface area contributed by atoms with E-state index < -0.39 is 10.0 Å². The highest BCUT2D eigenvalue weighted by Crippen LogP contribution is 2.31. The SMILES string of the molecule is CCC(=O)N1CCc2cc(S(=O)(=O)Nc3ccccc3C(=O)c3ccccc3)ccc21. The second kappa shape index (κ2) is 8.35. The normalized spacial score (nSPS) is 13.0. The maximum Gasteiger partial charge on any atom is 0.261 e. The van der Waals surface area contributed by atoms with Gasteiger partial charge in [-0.05, 0) is 42.3 Å². The van der Waals surface area contributed by atoms with Crippen LogP contribution in [0.25, 0.3) is 0 Å². The average molecular weight is 435 g/mol. The molecular formula is C24H22N2O4S. The smallest absolute Gasteiger partial charge is 0.261 e. The third-order valence-corrected chi connectivity index (χ3v) is 6.68. The fourth-order valence-corrected chi connectivity index (χ4v) is 4.84. The van der Waals surface area contributed by atoms with Gasteiger partial charge >= 0.3 is 0 Å². The van der Waals surface area contributed by atoms with Crippen molar-refractivity contribution in [3.63, 3.8) is 0 Å². The van der Waals surface area contributed by atoms with Crippen LogP contribution in [0.4, 0.5) is 11.4 Å². The zero-order chi connectivity index (χ0) is 22.0. The van der Waals surface area contributed by atoms with Crippen molar-refractivity contribution in [2.45, 2.75) is 24.7 Å². The molecule has 158 valence electrons. The predicted octanol–water partition coefficient (Wildman–Crippen LogP) is 4.02. The van der Waals surface area contributed by atoms with Gasteiger partial charge in [0.2, 0.25) is 5.91 Å². The van der Waals surface area contributed by atoms with E-state index in [1.165, 1.54) is 6.07 Å². The minimum absolute atomic E-state index is 0.0147. The quantitative estimate of drug-likeness (QED) is 0.594. The number of amides is 1. The van der Waals surface area contributed by atoms with Gasteiger partial charge in [0, 0.05) is 29.8 Å². The number of hydrogen-bond acceptors (Lipinski definition) is 4. The Morgan fingerprint density at radius 3 is 2.42 bits per heavy atom. The van der Waals surface area contributed by atoms with Gasteiger partial charge in [-0.3, -0.25) is 14.3 Å². The minimum atomic E-state index is -3.92. The Balaban J connectivity index is 1.64. The Bertz CT molecular complexity index is 1250. The first-order chi connectivity index (χ1) is 14.9. The fourth-order valence-electron chi connectivity index (χ4n) is 3.71. The molecule has 0 saturated carbocycles. The summed E-state index contributed by atoms with van der Waals surface area (Å²) in [5.41, 5.74) is 2.55. The van der Waals surface area contributed by atoms with Crippen LogP contribution in [0, 0.1) is 0 Å². The molecule has 0 bridgehead atoms. The zero-order valence-corrected chi connectivity index (χ0v) is 17.9. The lowest BCUT2D eigenvalue weighted by molar-refractivity contribution is -0.118. The highest BCUT2D eigenvalue weighted by Gasteiger charge is 2.26. The lowest BCUT2D eigenvalue weighted by Crippen LogP contribution is -2.27. The molecule has 1 aliphatic rings. The molecule has 6 nitrogen and oxygen atoms in total. The van der Waals surface area contributed by atoms with Crippen molar-refractivity contribution in [2.24, 2.45) is 0 Å². The number of carbonyl (C=O) groups excluding carboxylic acids is 2. The second-order valence-corrected chi connectivity index (χ2v) is 8.97. The van der Waals surface area contributed by atoms with Gasteiger partial charge in [-0.2, -0.15) is 0 Å². The molecule has 31 heavy (non-hydrogen) atoms. The van der Waals surface area contributed by atoms with Crippen molar-refractivity contribution in [1.29, 1.82) is 0 Å². The number of nitrogens with zero attached hydrogens (tertiary/aromatic N) is 1. The van der Waals surface area contributed by atoms with Crippen molar-refractivity contribution < 1.29 is 18.0 Å². The van der Waals surface area contributed by atoms with Crippen molar-refractivity contribution in [3.8, 4) is 0 Å². The molecule has 1 N–H and O–H groups in total. The number of sulfonamides is 1. The van der Waals surface area contributed by atoms with Crippen LogP contribution in [0.1, 0.15) is 34.8 Å². The van der Waals surface area contributed by atoms with Gasteiger partial charge in [0.25, 0.3) is 10.0 Å². The van der Waals surface area contributed by atoms with Crippen molar-refractivity contribution in [3.05, 3.63) is 89.5 Å². The van der Waals surface area contributed by atoms with Crippen LogP contribution in [0.2, 0.25) is 0 Å². The molecule has 3 aromatic carbocycles. The van der Waals surface area contributed by atoms with Crippen LogP contribution in [0.15, 0.2) is 77.7 Å². The predicted molar refractivity (Wildman–Crippen MR) is 120 cm³/mol. The summed E-state index contributed by atoms with van der Waals surface area (Å²) in [6, 6.07) is 20.0. The van der Waals surface area contributed by atoms with Crippen LogP contribution >= 0.6 is 0 Å². The third kappa shape index (κ3) is 4.09. The minimum Gasteiger partial charge on any atom is -0.312 e. The highest BCUT2D eigenvalue weighted by molar-refractivity contribution is 7.92. The van der Waals surface area contributed by atoms with Gasteiger partial charge < -0.3 is 4.90 Å². The Morgan fingerprint density at radius 1 is 0.968 bits per heavy atom. The van der Waals surface area contributed by atoms with Crippen LogP contribution in [-0.2, 0) is 21.2 Å². The fraction of sp³-hybridized carbons (Fsp3) is 0.167. The highest BCUT2D eigenvalue weighted by atomic mass is 32.2. The Kier molecular flexibility index (Phi) is 5.61. The summed E-state index contributed by atoms with van der Waals surface area (Å²) >= 11 is 0. The summed E-state index contributed by atoms with van der Waals surface area (Å²) in [6.45, 7) is 2.35. The molecule has 1 amide bonds. The van der Waals surface area contributed by atoms with E-state index in [4.69, 9.17) is 0 Å². The molecule has 0 atom stereocenters. The number of ketones is 1. The summed E-state index contributed by atoms with van der Waals surface area (Å²) in [4.78, 5) is 26.8. The summed E-state index contributed by atoms with van der Waals surface area (Å²) in [5, 5.41) is 0. The standard InChI is InChI=1S/C24H22N2O4S/c1-2-23(27)26-15-14-18-16-19(12-13-22(18)26)31(29,30)25-21-11-7-6-10-20(21)24(28)17-8-4-3-5-9-17/h3-13,16,25H,2,14-15H2,1H3. The van der Waals surface area contributed by atoms with E-state index in [1.807, 2.05) is 6.07 Å². The number of rotatable bonds is 6. The summed E-state index contributed by atoms with van der Waals surface area (Å²) in [6.07, 6.45) is 1.00. The molecule has 7 heteroatoms. The number of fused-ring (bicyclic) bond motifs is 1. The van der Waals surface area contributed by atoms with E-state index in [2.05, 4.69) is 4.72 Å². The van der Waals surface area contributed by atoms with Crippen LogP contribution in [-0.4, -0.2) is 26.7 Å². The lowest BCUT2D eigenvalue weighted by Gasteiger charge is -2.17. The maximum atomic E-state index is 13.1. The topological polar surface area (TPSA) is 83.6 Å². The first-order valence-corrected chi connectivity index (χ1v) is 11.5. The largest absolute Gasteiger partial charge is 0.312 e. The number of hydrogen-bond donors (Lipinski definition) is 1. The monoisotopic (exact) mass is 434 g/mol. The van der Waals surface area contributed by atoms with Crippen molar-refractivity contribution in [2.75, 3.05) is 16.2 Å². The number of nitrogens with one attached hydrogen (secondary N) is 1. The Hall–Kier alpha value is -3.45. The molecule has 1 aliphatic heterocycles. The van der Waals surface area contributed by atoms with E-state index in [0.29, 0.717) is 24.9 Å². The van der Waals surface area contributed by atoms with Gasteiger partial charge in [0.05, 0.1) is 10.6 Å². The average Bonchev–Trinajstić information content (AvgIpc) is 3.22. The van der Waals surface area contributed by atoms with Crippen LogP contribution < -0.4 is 9.62 Å². The summed E-state index contributed by atoms with van der Waals surface area (Å²) < 4.78 is 28.7. The molecule has 0 radical (unpaired) electrons. The second-order valence-electron chi connectivity index (χ2n) is 7.29. The van der Waals surface area contributed by atoms with Gasteiger partial charge in [-0.1, -0.05) is 49.4 Å². The third-order valence-electron chi connectivity index (χ3n) is 5.31. The number of anilines is 2. The van der Waals surface area contributed by atoms with E-state index in [9.17, 15) is 18.0 Å². The molecule has 4 rings (SSSR count). The number of carbonyl (C=O) groups is 2. The van der Waals surface area contributed by atoms with Gasteiger partial charge in [0.1, 0.15) is 0 Å². The van der Waals surface area contributed by atoms with Crippen LogP contribution in [0.3, 0.4) is 0 Å². The van der Waals surface area contributed by atoms with Crippen molar-refractivity contribution >= 4 is 33.1 Å². The number of benzene rings is 3. The molecule has 0 fully saturated rings. The molecule has 1 heterocycles. The van der Waals surface area contributed by atoms with E-state index >= 15 is 0 Å². The molecule has 0 saturated heterocycles. The van der Waals surface area contributed by atoms with Crippen LogP contribution in [0.5, 0.6) is 0 Å². The lowest BCUT2D eigenvalue weighted by atomic mass is 10.0. The molecule has 0 aromatic heterocycles. The van der Waals surface area contributed by atoms with Gasteiger partial charge in [0.15, 0.2) is 5.78 Å². The number of para-hydroxylation sites is 1. The van der Waals surface area contributed by atoms with E-state index in [-0.39, 0.29) is 27.8 Å². The Labute approximate surface area is 181 Å². The Morgan fingerprint density at radius 2 is 1.68 bits per heavy atom. The maximum absolute atomic E-state index is 13.1. The first kappa shape index (κ1) is 20.8. The van der Waals surface area contributed by atoms with Gasteiger partial charge in [-0.15, -0.1) is 0 Å². The molecule has 0 spiro atoms. The van der Waals surface area contributed by atoms with E-state index in [0.717, 1.165) is 11.3 Å². The molecule has 0 aliphatic carbocycles. The summed E-state index contributed by atoms with van der Waals surface area (Å²) in [5.74, 6) is -0.248. The first-order valence-electron chi connectivity index (χ1n) is 10.1. The summed E-state index contributed by atoms with van der Waals surface area (Å²) in [7, 11) is -3.92. The van der Waals surface area contributed by atoms with Gasteiger partial charge in [-0.25, -0.2) is 8.42 Å².